The van der Waals surface area contributed by atoms with Gasteiger partial charge in [0.25, 0.3) is 0 Å². The first kappa shape index (κ1) is 13.5. The molecule has 1 saturated heterocycles. The Morgan fingerprint density at radius 1 is 1.47 bits per heavy atom. The van der Waals surface area contributed by atoms with Crippen molar-refractivity contribution in [2.24, 2.45) is 0 Å². The van der Waals surface area contributed by atoms with E-state index in [1.54, 1.807) is 6.07 Å². The van der Waals surface area contributed by atoms with Crippen LogP contribution < -0.4 is 0 Å². The van der Waals surface area contributed by atoms with Gasteiger partial charge in [0, 0.05) is 30.2 Å². The number of alkyl halides is 1. The first-order chi connectivity index (χ1) is 9.20. The summed E-state index contributed by atoms with van der Waals surface area (Å²) >= 11 is 13.6. The number of imidazole rings is 1. The molecule has 1 aliphatic heterocycles. The van der Waals surface area contributed by atoms with Crippen molar-refractivity contribution in [2.75, 3.05) is 17.4 Å². The largest absolute Gasteiger partial charge is 0.324 e. The minimum Gasteiger partial charge on any atom is -0.324 e. The zero-order valence-electron chi connectivity index (χ0n) is 10.2. The molecule has 6 heteroatoms. The molecule has 0 spiro atoms. The zero-order valence-corrected chi connectivity index (χ0v) is 12.5. The second-order valence-electron chi connectivity index (χ2n) is 4.61. The molecule has 1 atom stereocenters. The van der Waals surface area contributed by atoms with Crippen molar-refractivity contribution in [3.8, 4) is 0 Å². The smallest absolute Gasteiger partial charge is 0.144 e. The quantitative estimate of drug-likeness (QED) is 0.786. The lowest BCUT2D eigenvalue weighted by Gasteiger charge is -2.15. The predicted molar refractivity (Wildman–Crippen MR) is 80.1 cm³/mol. The van der Waals surface area contributed by atoms with Crippen LogP contribution in [0.3, 0.4) is 0 Å². The van der Waals surface area contributed by atoms with Crippen LogP contribution >= 0.6 is 35.0 Å². The van der Waals surface area contributed by atoms with Crippen molar-refractivity contribution in [1.82, 2.24) is 9.55 Å². The third kappa shape index (κ3) is 2.46. The predicted octanol–water partition coefficient (Wildman–Crippen LogP) is 4.29. The summed E-state index contributed by atoms with van der Waals surface area (Å²) in [4.78, 5) is 4.57. The first-order valence-corrected chi connectivity index (χ1v) is 8.27. The van der Waals surface area contributed by atoms with E-state index in [2.05, 4.69) is 9.55 Å². The van der Waals surface area contributed by atoms with E-state index in [-0.39, 0.29) is 5.02 Å². The lowest BCUT2D eigenvalue weighted by molar-refractivity contribution is 0.550. The molecule has 19 heavy (non-hydrogen) atoms. The van der Waals surface area contributed by atoms with Gasteiger partial charge in [0.15, 0.2) is 0 Å². The summed E-state index contributed by atoms with van der Waals surface area (Å²) in [5.74, 6) is 3.24. The highest BCUT2D eigenvalue weighted by atomic mass is 35.5. The van der Waals surface area contributed by atoms with Gasteiger partial charge in [-0.05, 0) is 18.2 Å². The van der Waals surface area contributed by atoms with Crippen molar-refractivity contribution >= 4 is 46.0 Å². The van der Waals surface area contributed by atoms with Gasteiger partial charge >= 0.3 is 0 Å². The number of halogens is 3. The number of rotatable bonds is 3. The highest BCUT2D eigenvalue weighted by Gasteiger charge is 2.23. The minimum absolute atomic E-state index is 0.121. The number of hydrogen-bond donors (Lipinski definition) is 0. The van der Waals surface area contributed by atoms with Crippen LogP contribution in [0.25, 0.3) is 11.0 Å². The van der Waals surface area contributed by atoms with E-state index >= 15 is 0 Å². The number of aromatic nitrogens is 2. The highest BCUT2D eigenvalue weighted by Crippen LogP contribution is 2.33. The second kappa shape index (κ2) is 5.51. The fraction of sp³-hybridized carbons (Fsp3) is 0.462. The summed E-state index contributed by atoms with van der Waals surface area (Å²) in [7, 11) is 0. The Balaban J connectivity index is 2.19. The fourth-order valence-electron chi connectivity index (χ4n) is 2.53. The Morgan fingerprint density at radius 2 is 2.32 bits per heavy atom. The molecule has 1 unspecified atom stereocenters. The van der Waals surface area contributed by atoms with Crippen LogP contribution in [-0.4, -0.2) is 26.9 Å². The average molecular weight is 319 g/mol. The molecule has 2 heterocycles. The molecule has 1 fully saturated rings. The van der Waals surface area contributed by atoms with E-state index < -0.39 is 5.82 Å². The molecule has 2 aromatic rings. The van der Waals surface area contributed by atoms with E-state index in [4.69, 9.17) is 23.2 Å². The van der Waals surface area contributed by atoms with Crippen molar-refractivity contribution in [3.63, 3.8) is 0 Å². The molecule has 0 saturated carbocycles. The van der Waals surface area contributed by atoms with E-state index in [9.17, 15) is 4.39 Å². The maximum absolute atomic E-state index is 13.7. The fourth-order valence-corrected chi connectivity index (χ4v) is 4.05. The lowest BCUT2D eigenvalue weighted by Crippen LogP contribution is -2.12. The van der Waals surface area contributed by atoms with Gasteiger partial charge < -0.3 is 4.57 Å². The third-order valence-corrected chi connectivity index (χ3v) is 5.02. The molecular formula is C13H13Cl2FN2S. The van der Waals surface area contributed by atoms with Gasteiger partial charge in [0.2, 0.25) is 0 Å². The number of benzene rings is 1. The van der Waals surface area contributed by atoms with Gasteiger partial charge in [-0.15, -0.1) is 11.6 Å². The summed E-state index contributed by atoms with van der Waals surface area (Å²) < 4.78 is 15.9. The summed E-state index contributed by atoms with van der Waals surface area (Å²) in [6.07, 6.45) is 1.78. The first-order valence-electron chi connectivity index (χ1n) is 6.20. The molecule has 0 amide bonds. The van der Waals surface area contributed by atoms with Crippen LogP contribution in [0, 0.1) is 5.82 Å². The van der Waals surface area contributed by atoms with Gasteiger partial charge in [-0.3, -0.25) is 0 Å². The SMILES string of the molecule is Fc1cc2c(cc1Cl)nc(CCCl)n2C1CCSC1. The van der Waals surface area contributed by atoms with Gasteiger partial charge in [0.1, 0.15) is 11.6 Å². The van der Waals surface area contributed by atoms with Crippen LogP contribution in [0.4, 0.5) is 4.39 Å². The van der Waals surface area contributed by atoms with Gasteiger partial charge in [-0.25, -0.2) is 9.37 Å². The molecule has 1 aromatic heterocycles. The molecule has 2 nitrogen and oxygen atoms in total. The topological polar surface area (TPSA) is 17.8 Å². The van der Waals surface area contributed by atoms with Gasteiger partial charge in [0.05, 0.1) is 16.1 Å². The number of nitrogens with zero attached hydrogens (tertiary/aromatic N) is 2. The Morgan fingerprint density at radius 3 is 3.00 bits per heavy atom. The molecule has 0 aliphatic carbocycles. The zero-order chi connectivity index (χ0) is 13.4. The highest BCUT2D eigenvalue weighted by molar-refractivity contribution is 7.99. The minimum atomic E-state index is -0.390. The Hall–Kier alpha value is -0.450. The normalized spacial score (nSPS) is 19.4. The summed E-state index contributed by atoms with van der Waals surface area (Å²) in [6.45, 7) is 0. The Bertz CT molecular complexity index is 608. The summed E-state index contributed by atoms with van der Waals surface area (Å²) in [6, 6.07) is 3.47. The van der Waals surface area contributed by atoms with Crippen LogP contribution in [0.15, 0.2) is 12.1 Å². The van der Waals surface area contributed by atoms with E-state index in [0.29, 0.717) is 18.3 Å². The Labute approximate surface area is 125 Å². The van der Waals surface area contributed by atoms with Gasteiger partial charge in [-0.2, -0.15) is 11.8 Å². The average Bonchev–Trinajstić information content (AvgIpc) is 2.98. The number of hydrogen-bond acceptors (Lipinski definition) is 2. The van der Waals surface area contributed by atoms with Crippen molar-refractivity contribution in [2.45, 2.75) is 18.9 Å². The number of thioether (sulfide) groups is 1. The number of aryl methyl sites for hydroxylation is 1. The molecule has 0 bridgehead atoms. The third-order valence-electron chi connectivity index (χ3n) is 3.39. The summed E-state index contributed by atoms with van der Waals surface area (Å²) in [5.41, 5.74) is 1.58. The summed E-state index contributed by atoms with van der Waals surface area (Å²) in [5, 5.41) is 0.121. The van der Waals surface area contributed by atoms with Crippen molar-refractivity contribution in [1.29, 1.82) is 0 Å². The maximum Gasteiger partial charge on any atom is 0.144 e. The molecule has 3 rings (SSSR count). The van der Waals surface area contributed by atoms with Gasteiger partial charge in [-0.1, -0.05) is 11.6 Å². The maximum atomic E-state index is 13.7. The van der Waals surface area contributed by atoms with Crippen LogP contribution in [0.5, 0.6) is 0 Å². The van der Waals surface area contributed by atoms with Crippen LogP contribution in [0.2, 0.25) is 5.02 Å². The molecule has 0 N–H and O–H groups in total. The monoisotopic (exact) mass is 318 g/mol. The molecule has 102 valence electrons. The van der Waals surface area contributed by atoms with Crippen molar-refractivity contribution < 1.29 is 4.39 Å². The Kier molecular flexibility index (Phi) is 3.92. The number of fused-ring (bicyclic) bond motifs is 1. The molecular weight excluding hydrogens is 306 g/mol. The van der Waals surface area contributed by atoms with E-state index in [1.165, 1.54) is 6.07 Å². The van der Waals surface area contributed by atoms with Crippen molar-refractivity contribution in [3.05, 3.63) is 28.8 Å². The van der Waals surface area contributed by atoms with E-state index in [0.717, 1.165) is 34.8 Å². The molecule has 1 aromatic carbocycles. The molecule has 1 aliphatic rings. The van der Waals surface area contributed by atoms with Crippen LogP contribution in [-0.2, 0) is 6.42 Å². The van der Waals surface area contributed by atoms with E-state index in [1.807, 2.05) is 11.8 Å². The standard InChI is InChI=1S/C13H13Cl2FN2S/c14-3-1-13-17-11-5-9(15)10(16)6-12(11)18(13)8-2-4-19-7-8/h5-6,8H,1-4,7H2. The second-order valence-corrected chi connectivity index (χ2v) is 6.54. The molecule has 0 radical (unpaired) electrons. The lowest BCUT2D eigenvalue weighted by atomic mass is 10.2. The van der Waals surface area contributed by atoms with Crippen LogP contribution in [0.1, 0.15) is 18.3 Å².